The molecule has 1 aliphatic heterocycles. The topological polar surface area (TPSA) is 76.1 Å². The zero-order valence-corrected chi connectivity index (χ0v) is 17.1. The first kappa shape index (κ1) is 22.6. The Morgan fingerprint density at radius 2 is 1.73 bits per heavy atom. The van der Waals surface area contributed by atoms with Crippen LogP contribution in [0.5, 0.6) is 5.75 Å². The van der Waals surface area contributed by atoms with Gasteiger partial charge in [0.15, 0.2) is 5.82 Å². The molecule has 3 aromatic rings. The highest BCUT2D eigenvalue weighted by Gasteiger charge is 2.41. The maximum atomic E-state index is 12.9. The number of halogens is 5. The van der Waals surface area contributed by atoms with Gasteiger partial charge in [-0.15, -0.1) is 5.10 Å². The van der Waals surface area contributed by atoms with Crippen LogP contribution in [0.2, 0.25) is 0 Å². The van der Waals surface area contributed by atoms with E-state index in [4.69, 9.17) is 0 Å². The smallest absolute Gasteiger partial charge is 0.391 e. The number of hydrogen-bond donors (Lipinski definition) is 1. The van der Waals surface area contributed by atoms with Crippen molar-refractivity contribution < 1.29 is 26.7 Å². The summed E-state index contributed by atoms with van der Waals surface area (Å²) in [6.07, 6.45) is -1.15. The number of alkyl halides is 5. The molecule has 0 saturated carbocycles. The van der Waals surface area contributed by atoms with Crippen LogP contribution in [0.15, 0.2) is 48.8 Å². The van der Waals surface area contributed by atoms with E-state index in [0.29, 0.717) is 28.7 Å². The van der Waals surface area contributed by atoms with Gasteiger partial charge in [-0.05, 0) is 42.7 Å². The zero-order chi connectivity index (χ0) is 23.4. The highest BCUT2D eigenvalue weighted by molar-refractivity contribution is 5.67. The second kappa shape index (κ2) is 9.51. The third-order valence-corrected chi connectivity index (χ3v) is 5.21. The molecule has 1 aliphatic rings. The Labute approximate surface area is 185 Å². The largest absolute Gasteiger partial charge is 0.435 e. The summed E-state index contributed by atoms with van der Waals surface area (Å²) in [5.41, 5.74) is 1.39. The Morgan fingerprint density at radius 3 is 2.39 bits per heavy atom. The molecule has 1 fully saturated rings. The third kappa shape index (κ3) is 5.82. The van der Waals surface area contributed by atoms with Gasteiger partial charge in [-0.2, -0.15) is 32.0 Å². The van der Waals surface area contributed by atoms with Crippen LogP contribution < -0.4 is 15.0 Å². The first-order valence-corrected chi connectivity index (χ1v) is 10.1. The Morgan fingerprint density at radius 1 is 1.00 bits per heavy atom. The summed E-state index contributed by atoms with van der Waals surface area (Å²) in [7, 11) is 0. The van der Waals surface area contributed by atoms with Crippen LogP contribution in [0.3, 0.4) is 0 Å². The van der Waals surface area contributed by atoms with E-state index in [1.807, 2.05) is 0 Å². The fourth-order valence-corrected chi connectivity index (χ4v) is 3.52. The summed E-state index contributed by atoms with van der Waals surface area (Å²) >= 11 is 0. The van der Waals surface area contributed by atoms with Crippen molar-refractivity contribution in [2.24, 2.45) is 5.92 Å². The fourth-order valence-electron chi connectivity index (χ4n) is 3.52. The highest BCUT2D eigenvalue weighted by Crippen LogP contribution is 2.35. The molecule has 1 saturated heterocycles. The molecule has 4 rings (SSSR count). The molecule has 2 aromatic heterocycles. The van der Waals surface area contributed by atoms with Crippen LogP contribution in [0.1, 0.15) is 12.8 Å². The van der Waals surface area contributed by atoms with Crippen LogP contribution in [-0.4, -0.2) is 46.0 Å². The molecule has 0 bridgehead atoms. The predicted octanol–water partition coefficient (Wildman–Crippen LogP) is 5.06. The minimum absolute atomic E-state index is 0.000813. The first-order valence-electron chi connectivity index (χ1n) is 10.1. The lowest BCUT2D eigenvalue weighted by Crippen LogP contribution is -2.39. The SMILES string of the molecule is FC(F)Oc1ccc(-c2cnnc(Nc3ccnc(N4CCC(C(F)(F)F)CC4)n3)c2)cc1. The number of anilines is 3. The molecule has 7 nitrogen and oxygen atoms in total. The molecule has 0 atom stereocenters. The second-order valence-corrected chi connectivity index (χ2v) is 7.40. The molecule has 0 aliphatic carbocycles. The molecule has 0 amide bonds. The van der Waals surface area contributed by atoms with Gasteiger partial charge in [-0.25, -0.2) is 4.98 Å². The maximum Gasteiger partial charge on any atom is 0.391 e. The normalized spacial score (nSPS) is 15.0. The van der Waals surface area contributed by atoms with Crippen molar-refractivity contribution >= 4 is 17.6 Å². The lowest BCUT2D eigenvalue weighted by molar-refractivity contribution is -0.179. The minimum Gasteiger partial charge on any atom is -0.435 e. The molecule has 0 unspecified atom stereocenters. The van der Waals surface area contributed by atoms with E-state index in [9.17, 15) is 22.0 Å². The van der Waals surface area contributed by atoms with Gasteiger partial charge in [-0.1, -0.05) is 12.1 Å². The van der Waals surface area contributed by atoms with Gasteiger partial charge in [0.25, 0.3) is 0 Å². The number of nitrogens with zero attached hydrogens (tertiary/aromatic N) is 5. The number of aromatic nitrogens is 4. The van der Waals surface area contributed by atoms with Crippen molar-refractivity contribution in [2.75, 3.05) is 23.3 Å². The van der Waals surface area contributed by atoms with E-state index in [1.165, 1.54) is 24.5 Å². The summed E-state index contributed by atoms with van der Waals surface area (Å²) in [6.45, 7) is -2.47. The van der Waals surface area contributed by atoms with E-state index in [1.54, 1.807) is 29.2 Å². The molecule has 33 heavy (non-hydrogen) atoms. The standard InChI is InChI=1S/C21H19F5N6O/c22-19(23)33-16-3-1-13(2-4-16)14-11-18(31-28-12-14)29-17-5-8-27-20(30-17)32-9-6-15(7-10-32)21(24,25)26/h1-5,8,11-12,15,19H,6-7,9-10H2,(H,27,29,30,31). The third-order valence-electron chi connectivity index (χ3n) is 5.21. The van der Waals surface area contributed by atoms with Gasteiger partial charge in [0.05, 0.1) is 12.1 Å². The van der Waals surface area contributed by atoms with Gasteiger partial charge < -0.3 is 15.0 Å². The van der Waals surface area contributed by atoms with Crippen molar-refractivity contribution in [3.63, 3.8) is 0 Å². The highest BCUT2D eigenvalue weighted by atomic mass is 19.4. The zero-order valence-electron chi connectivity index (χ0n) is 17.1. The quantitative estimate of drug-likeness (QED) is 0.509. The van der Waals surface area contributed by atoms with Crippen LogP contribution in [0.4, 0.5) is 39.5 Å². The lowest BCUT2D eigenvalue weighted by atomic mass is 9.96. The molecule has 3 heterocycles. The molecule has 12 heteroatoms. The van der Waals surface area contributed by atoms with Crippen LogP contribution >= 0.6 is 0 Å². The lowest BCUT2D eigenvalue weighted by Gasteiger charge is -2.32. The van der Waals surface area contributed by atoms with Crippen molar-refractivity contribution in [1.82, 2.24) is 20.2 Å². The van der Waals surface area contributed by atoms with Crippen LogP contribution in [-0.2, 0) is 0 Å². The van der Waals surface area contributed by atoms with E-state index >= 15 is 0 Å². The first-order chi connectivity index (χ1) is 15.8. The molecule has 1 aromatic carbocycles. The van der Waals surface area contributed by atoms with Crippen molar-refractivity contribution in [3.8, 4) is 16.9 Å². The number of ether oxygens (including phenoxy) is 1. The summed E-state index contributed by atoms with van der Waals surface area (Å²) in [6, 6.07) is 9.39. The summed E-state index contributed by atoms with van der Waals surface area (Å²) in [4.78, 5) is 10.3. The molecule has 0 spiro atoms. The minimum atomic E-state index is -4.18. The van der Waals surface area contributed by atoms with Crippen LogP contribution in [0.25, 0.3) is 11.1 Å². The van der Waals surface area contributed by atoms with Gasteiger partial charge in [0.2, 0.25) is 5.95 Å². The van der Waals surface area contributed by atoms with Crippen LogP contribution in [0, 0.1) is 5.92 Å². The Hall–Kier alpha value is -3.57. The van der Waals surface area contributed by atoms with E-state index in [-0.39, 0.29) is 31.7 Å². The van der Waals surface area contributed by atoms with Crippen molar-refractivity contribution in [2.45, 2.75) is 25.6 Å². The number of nitrogens with one attached hydrogen (secondary N) is 1. The van der Waals surface area contributed by atoms with E-state index < -0.39 is 18.7 Å². The van der Waals surface area contributed by atoms with E-state index in [2.05, 4.69) is 30.2 Å². The molecule has 174 valence electrons. The Kier molecular flexibility index (Phi) is 6.52. The van der Waals surface area contributed by atoms with E-state index in [0.717, 1.165) is 0 Å². The Bertz CT molecular complexity index is 1070. The van der Waals surface area contributed by atoms with Crippen molar-refractivity contribution in [3.05, 3.63) is 48.8 Å². The number of piperidine rings is 1. The summed E-state index contributed by atoms with van der Waals surface area (Å²) < 4.78 is 67.6. The Balaban J connectivity index is 1.44. The second-order valence-electron chi connectivity index (χ2n) is 7.40. The fraction of sp³-hybridized carbons (Fsp3) is 0.333. The van der Waals surface area contributed by atoms with Gasteiger partial charge in [-0.3, -0.25) is 0 Å². The summed E-state index contributed by atoms with van der Waals surface area (Å²) in [5.74, 6) is -0.142. The molecular formula is C21H19F5N6O. The number of benzene rings is 1. The maximum absolute atomic E-state index is 12.9. The number of rotatable bonds is 6. The molecule has 1 N–H and O–H groups in total. The van der Waals surface area contributed by atoms with Gasteiger partial charge in [0, 0.05) is 24.8 Å². The predicted molar refractivity (Wildman–Crippen MR) is 110 cm³/mol. The molecule has 0 radical (unpaired) electrons. The summed E-state index contributed by atoms with van der Waals surface area (Å²) in [5, 5.41) is 11.0. The van der Waals surface area contributed by atoms with Crippen molar-refractivity contribution in [1.29, 1.82) is 0 Å². The average Bonchev–Trinajstić information content (AvgIpc) is 2.79. The van der Waals surface area contributed by atoms with Gasteiger partial charge in [0.1, 0.15) is 11.6 Å². The monoisotopic (exact) mass is 466 g/mol. The average molecular weight is 466 g/mol. The van der Waals surface area contributed by atoms with Gasteiger partial charge >= 0.3 is 12.8 Å². The molecular weight excluding hydrogens is 447 g/mol. The number of hydrogen-bond acceptors (Lipinski definition) is 7.